The second-order valence-corrected chi connectivity index (χ2v) is 5.89. The van der Waals surface area contributed by atoms with Crippen molar-refractivity contribution in [1.29, 1.82) is 0 Å². The van der Waals surface area contributed by atoms with Crippen LogP contribution in [0.25, 0.3) is 0 Å². The summed E-state index contributed by atoms with van der Waals surface area (Å²) in [5.41, 5.74) is 2.53. The van der Waals surface area contributed by atoms with Crippen LogP contribution in [0.15, 0.2) is 18.2 Å². The Morgan fingerprint density at radius 3 is 2.67 bits per heavy atom. The van der Waals surface area contributed by atoms with E-state index < -0.39 is 0 Å². The van der Waals surface area contributed by atoms with Crippen LogP contribution in [0.1, 0.15) is 32.2 Å². The highest BCUT2D eigenvalue weighted by Crippen LogP contribution is 2.16. The third kappa shape index (κ3) is 5.61. The van der Waals surface area contributed by atoms with E-state index in [4.69, 9.17) is 0 Å². The van der Waals surface area contributed by atoms with Gasteiger partial charge >= 0.3 is 0 Å². The van der Waals surface area contributed by atoms with Gasteiger partial charge in [0.2, 0.25) is 0 Å². The van der Waals surface area contributed by atoms with E-state index in [-0.39, 0.29) is 5.41 Å². The molecule has 0 aliphatic carbocycles. The number of pyridine rings is 1. The Bertz CT molecular complexity index is 361. The Morgan fingerprint density at radius 1 is 1.33 bits per heavy atom. The molecule has 0 atom stereocenters. The Balaban J connectivity index is 2.48. The average molecular weight is 249 g/mol. The molecular weight excluding hydrogens is 222 g/mol. The number of nitrogens with zero attached hydrogens (tertiary/aromatic N) is 2. The second-order valence-electron chi connectivity index (χ2n) is 5.89. The zero-order valence-corrected chi connectivity index (χ0v) is 12.5. The SMILES string of the molecule is CCNCC(C)(C)CN(C)Cc1cccc(C)n1. The van der Waals surface area contributed by atoms with Gasteiger partial charge < -0.3 is 5.32 Å². The highest BCUT2D eigenvalue weighted by atomic mass is 15.1. The fraction of sp³-hybridized carbons (Fsp3) is 0.667. The van der Waals surface area contributed by atoms with Gasteiger partial charge in [0, 0.05) is 25.3 Å². The normalized spacial score (nSPS) is 12.1. The molecule has 1 aromatic rings. The first-order valence-corrected chi connectivity index (χ1v) is 6.75. The Morgan fingerprint density at radius 2 is 2.06 bits per heavy atom. The standard InChI is InChI=1S/C15H27N3/c1-6-16-11-15(3,4)12-18(5)10-14-9-7-8-13(2)17-14/h7-9,16H,6,10-12H2,1-5H3. The van der Waals surface area contributed by atoms with Crippen LogP contribution in [-0.4, -0.2) is 36.6 Å². The number of rotatable bonds is 7. The molecule has 0 saturated carbocycles. The predicted octanol–water partition coefficient (Wildman–Crippen LogP) is 2.46. The van der Waals surface area contributed by atoms with Crippen molar-refractivity contribution in [2.75, 3.05) is 26.7 Å². The largest absolute Gasteiger partial charge is 0.316 e. The summed E-state index contributed by atoms with van der Waals surface area (Å²) in [6, 6.07) is 6.22. The number of hydrogen-bond acceptors (Lipinski definition) is 3. The van der Waals surface area contributed by atoms with Gasteiger partial charge in [-0.25, -0.2) is 0 Å². The molecule has 18 heavy (non-hydrogen) atoms. The molecule has 3 heteroatoms. The molecule has 1 aromatic heterocycles. The first-order chi connectivity index (χ1) is 8.43. The molecule has 0 bridgehead atoms. The number of aromatic nitrogens is 1. The lowest BCUT2D eigenvalue weighted by molar-refractivity contribution is 0.198. The number of nitrogens with one attached hydrogen (secondary N) is 1. The Labute approximate surface area is 112 Å². The monoisotopic (exact) mass is 249 g/mol. The van der Waals surface area contributed by atoms with Crippen molar-refractivity contribution in [3.63, 3.8) is 0 Å². The van der Waals surface area contributed by atoms with Crippen LogP contribution >= 0.6 is 0 Å². The minimum atomic E-state index is 0.286. The summed E-state index contributed by atoms with van der Waals surface area (Å²) in [6.45, 7) is 12.9. The smallest absolute Gasteiger partial charge is 0.0547 e. The molecule has 102 valence electrons. The Hall–Kier alpha value is -0.930. The summed E-state index contributed by atoms with van der Waals surface area (Å²) < 4.78 is 0. The molecule has 0 spiro atoms. The molecule has 1 rings (SSSR count). The van der Waals surface area contributed by atoms with Crippen LogP contribution in [0.5, 0.6) is 0 Å². The van der Waals surface area contributed by atoms with E-state index in [1.165, 1.54) is 0 Å². The highest BCUT2D eigenvalue weighted by molar-refractivity contribution is 5.09. The van der Waals surface area contributed by atoms with E-state index in [2.05, 4.69) is 55.2 Å². The van der Waals surface area contributed by atoms with E-state index in [0.717, 1.165) is 37.6 Å². The van der Waals surface area contributed by atoms with E-state index in [1.807, 2.05) is 13.0 Å². The number of aryl methyl sites for hydroxylation is 1. The van der Waals surface area contributed by atoms with Gasteiger partial charge in [-0.3, -0.25) is 9.88 Å². The van der Waals surface area contributed by atoms with E-state index >= 15 is 0 Å². The van der Waals surface area contributed by atoms with Crippen molar-refractivity contribution < 1.29 is 0 Å². The van der Waals surface area contributed by atoms with Crippen LogP contribution in [0.3, 0.4) is 0 Å². The zero-order valence-electron chi connectivity index (χ0n) is 12.5. The second kappa shape index (κ2) is 6.86. The first-order valence-electron chi connectivity index (χ1n) is 6.75. The summed E-state index contributed by atoms with van der Waals surface area (Å²) >= 11 is 0. The molecule has 0 radical (unpaired) electrons. The fourth-order valence-electron chi connectivity index (χ4n) is 2.27. The third-order valence-electron chi connectivity index (χ3n) is 2.93. The molecule has 1 heterocycles. The van der Waals surface area contributed by atoms with Crippen molar-refractivity contribution in [3.05, 3.63) is 29.6 Å². The van der Waals surface area contributed by atoms with Crippen LogP contribution in [0.2, 0.25) is 0 Å². The van der Waals surface area contributed by atoms with Gasteiger partial charge in [-0.15, -0.1) is 0 Å². The van der Waals surface area contributed by atoms with Gasteiger partial charge in [-0.1, -0.05) is 26.8 Å². The minimum absolute atomic E-state index is 0.286. The maximum Gasteiger partial charge on any atom is 0.0547 e. The lowest BCUT2D eigenvalue weighted by Gasteiger charge is -2.30. The van der Waals surface area contributed by atoms with Crippen LogP contribution < -0.4 is 5.32 Å². The topological polar surface area (TPSA) is 28.2 Å². The lowest BCUT2D eigenvalue weighted by Crippen LogP contribution is -2.38. The van der Waals surface area contributed by atoms with Crippen molar-refractivity contribution >= 4 is 0 Å². The molecule has 0 amide bonds. The van der Waals surface area contributed by atoms with Gasteiger partial charge in [-0.2, -0.15) is 0 Å². The van der Waals surface area contributed by atoms with Crippen molar-refractivity contribution in [1.82, 2.24) is 15.2 Å². The van der Waals surface area contributed by atoms with Crippen LogP contribution in [-0.2, 0) is 6.54 Å². The molecule has 0 saturated heterocycles. The third-order valence-corrected chi connectivity index (χ3v) is 2.93. The van der Waals surface area contributed by atoms with Gasteiger partial charge in [0.25, 0.3) is 0 Å². The summed E-state index contributed by atoms with van der Waals surface area (Å²) in [5.74, 6) is 0. The van der Waals surface area contributed by atoms with Gasteiger partial charge in [0.15, 0.2) is 0 Å². The highest BCUT2D eigenvalue weighted by Gasteiger charge is 2.19. The van der Waals surface area contributed by atoms with E-state index in [0.29, 0.717) is 0 Å². The molecule has 0 unspecified atom stereocenters. The van der Waals surface area contributed by atoms with Crippen molar-refractivity contribution in [2.24, 2.45) is 5.41 Å². The summed E-state index contributed by atoms with van der Waals surface area (Å²) in [4.78, 5) is 6.89. The zero-order chi connectivity index (χ0) is 13.6. The van der Waals surface area contributed by atoms with Crippen molar-refractivity contribution in [2.45, 2.75) is 34.2 Å². The van der Waals surface area contributed by atoms with Crippen LogP contribution in [0, 0.1) is 12.3 Å². The van der Waals surface area contributed by atoms with Gasteiger partial charge in [0.05, 0.1) is 5.69 Å². The lowest BCUT2D eigenvalue weighted by atomic mass is 9.92. The average Bonchev–Trinajstić information content (AvgIpc) is 2.25. The summed E-state index contributed by atoms with van der Waals surface area (Å²) in [5, 5.41) is 3.42. The van der Waals surface area contributed by atoms with Crippen LogP contribution in [0.4, 0.5) is 0 Å². The number of hydrogen-bond donors (Lipinski definition) is 1. The summed E-state index contributed by atoms with van der Waals surface area (Å²) in [6.07, 6.45) is 0. The predicted molar refractivity (Wildman–Crippen MR) is 77.6 cm³/mol. The maximum atomic E-state index is 4.55. The van der Waals surface area contributed by atoms with Crippen molar-refractivity contribution in [3.8, 4) is 0 Å². The van der Waals surface area contributed by atoms with Gasteiger partial charge in [-0.05, 0) is 38.1 Å². The minimum Gasteiger partial charge on any atom is -0.316 e. The molecule has 0 aliphatic rings. The molecule has 0 aromatic carbocycles. The molecule has 0 fully saturated rings. The molecule has 0 aliphatic heterocycles. The Kier molecular flexibility index (Phi) is 5.76. The molecule has 1 N–H and O–H groups in total. The molecule has 3 nitrogen and oxygen atoms in total. The summed E-state index contributed by atoms with van der Waals surface area (Å²) in [7, 11) is 2.16. The van der Waals surface area contributed by atoms with Gasteiger partial charge in [0.1, 0.15) is 0 Å². The molecular formula is C15H27N3. The fourth-order valence-corrected chi connectivity index (χ4v) is 2.27. The van der Waals surface area contributed by atoms with E-state index in [9.17, 15) is 0 Å². The maximum absolute atomic E-state index is 4.55. The first kappa shape index (κ1) is 15.1. The van der Waals surface area contributed by atoms with E-state index in [1.54, 1.807) is 0 Å². The quantitative estimate of drug-likeness (QED) is 0.804.